The van der Waals surface area contributed by atoms with Gasteiger partial charge in [0.15, 0.2) is 0 Å². The monoisotopic (exact) mass is 369 g/mol. The molecule has 5 fully saturated rings. The fourth-order valence-electron chi connectivity index (χ4n) is 5.53. The molecular weight excluding hydrogens is 345 g/mol. The molecule has 4 nitrogen and oxygen atoms in total. The SMILES string of the molecule is CC1(C)C2CC3OB([C@@H]4CCCN4C(=O)CBr)O[C@@]3(C)C1C2. The first-order valence-corrected chi connectivity index (χ1v) is 9.68. The van der Waals surface area contributed by atoms with Crippen LogP contribution in [-0.2, 0) is 14.1 Å². The highest BCUT2D eigenvalue weighted by Crippen LogP contribution is 2.65. The van der Waals surface area contributed by atoms with Crippen LogP contribution in [-0.4, -0.2) is 47.4 Å². The van der Waals surface area contributed by atoms with E-state index in [4.69, 9.17) is 9.31 Å². The van der Waals surface area contributed by atoms with Crippen molar-refractivity contribution < 1.29 is 14.1 Å². The maximum Gasteiger partial charge on any atom is 0.481 e. The van der Waals surface area contributed by atoms with E-state index in [1.807, 2.05) is 4.90 Å². The van der Waals surface area contributed by atoms with Gasteiger partial charge in [-0.2, -0.15) is 0 Å². The van der Waals surface area contributed by atoms with Crippen LogP contribution >= 0.6 is 15.9 Å². The zero-order valence-corrected chi connectivity index (χ0v) is 15.3. The third-order valence-electron chi connectivity index (χ3n) is 7.02. The Kier molecular flexibility index (Phi) is 3.49. The van der Waals surface area contributed by atoms with E-state index in [1.54, 1.807) is 0 Å². The largest absolute Gasteiger partial charge is 0.481 e. The normalized spacial score (nSPS) is 45.6. The minimum absolute atomic E-state index is 0.0905. The second kappa shape index (κ2) is 4.96. The molecule has 22 heavy (non-hydrogen) atoms. The molecule has 0 radical (unpaired) electrons. The van der Waals surface area contributed by atoms with Gasteiger partial charge >= 0.3 is 7.12 Å². The summed E-state index contributed by atoms with van der Waals surface area (Å²) in [6.45, 7) is 7.82. The second-order valence-corrected chi connectivity index (χ2v) is 8.83. The van der Waals surface area contributed by atoms with Crippen molar-refractivity contribution in [3.05, 3.63) is 0 Å². The summed E-state index contributed by atoms with van der Waals surface area (Å²) in [7, 11) is -0.240. The van der Waals surface area contributed by atoms with Crippen molar-refractivity contribution in [3.8, 4) is 0 Å². The highest BCUT2D eigenvalue weighted by atomic mass is 79.9. The van der Waals surface area contributed by atoms with Crippen molar-refractivity contribution in [3.63, 3.8) is 0 Å². The van der Waals surface area contributed by atoms with Gasteiger partial charge in [0.05, 0.1) is 23.0 Å². The molecule has 0 aromatic heterocycles. The van der Waals surface area contributed by atoms with E-state index in [0.717, 1.165) is 31.7 Å². The number of alkyl halides is 1. The topological polar surface area (TPSA) is 38.8 Å². The average molecular weight is 370 g/mol. The molecule has 1 amide bonds. The van der Waals surface area contributed by atoms with Gasteiger partial charge < -0.3 is 14.2 Å². The molecule has 2 bridgehead atoms. The maximum absolute atomic E-state index is 12.1. The lowest BCUT2D eigenvalue weighted by atomic mass is 9.43. The summed E-state index contributed by atoms with van der Waals surface area (Å²) < 4.78 is 12.9. The van der Waals surface area contributed by atoms with E-state index in [1.165, 1.54) is 6.42 Å². The van der Waals surface area contributed by atoms with Crippen LogP contribution in [0.15, 0.2) is 0 Å². The Hall–Kier alpha value is -0.0651. The predicted molar refractivity (Wildman–Crippen MR) is 88.6 cm³/mol. The predicted octanol–water partition coefficient (Wildman–Crippen LogP) is 2.64. The average Bonchev–Trinajstić information content (AvgIpc) is 3.08. The molecule has 2 saturated heterocycles. The number of rotatable bonds is 2. The Balaban J connectivity index is 1.54. The summed E-state index contributed by atoms with van der Waals surface area (Å²) >= 11 is 3.29. The van der Waals surface area contributed by atoms with Crippen molar-refractivity contribution in [2.45, 2.75) is 64.1 Å². The molecule has 3 aliphatic carbocycles. The van der Waals surface area contributed by atoms with Crippen molar-refractivity contribution in [1.82, 2.24) is 4.90 Å². The summed E-state index contributed by atoms with van der Waals surface area (Å²) in [6, 6.07) is 0. The Bertz CT molecular complexity index is 502. The molecular formula is C16H25BBrNO3. The minimum Gasteiger partial charge on any atom is -0.404 e. The Morgan fingerprint density at radius 1 is 1.36 bits per heavy atom. The van der Waals surface area contributed by atoms with Gasteiger partial charge in [-0.3, -0.25) is 4.79 Å². The quantitative estimate of drug-likeness (QED) is 0.554. The fraction of sp³-hybridized carbons (Fsp3) is 0.938. The lowest BCUT2D eigenvalue weighted by Crippen LogP contribution is -2.65. The molecule has 2 heterocycles. The molecule has 0 spiro atoms. The van der Waals surface area contributed by atoms with Crippen LogP contribution in [0.1, 0.15) is 46.5 Å². The third-order valence-corrected chi connectivity index (χ3v) is 7.50. The second-order valence-electron chi connectivity index (χ2n) is 8.27. The van der Waals surface area contributed by atoms with Gasteiger partial charge in [-0.15, -0.1) is 0 Å². The van der Waals surface area contributed by atoms with Crippen molar-refractivity contribution >= 4 is 29.0 Å². The standard InChI is InChI=1S/C16H25BBrNO3/c1-15(2)10-7-11(15)16(3)12(8-10)21-17(22-16)13-5-4-6-19(13)14(20)9-18/h10-13H,4-9H2,1-3H3/t10?,11?,12?,13-,16-/m0/s1. The summed E-state index contributed by atoms with van der Waals surface area (Å²) in [5.74, 6) is 1.59. The van der Waals surface area contributed by atoms with Gasteiger partial charge in [0.25, 0.3) is 0 Å². The van der Waals surface area contributed by atoms with Crippen LogP contribution < -0.4 is 0 Å². The summed E-state index contributed by atoms with van der Waals surface area (Å²) in [5.41, 5.74) is 0.194. The van der Waals surface area contributed by atoms with E-state index < -0.39 is 0 Å². The van der Waals surface area contributed by atoms with Gasteiger partial charge in [-0.1, -0.05) is 29.8 Å². The lowest BCUT2D eigenvalue weighted by Gasteiger charge is -2.64. The highest BCUT2D eigenvalue weighted by Gasteiger charge is 2.68. The van der Waals surface area contributed by atoms with Gasteiger partial charge in [-0.05, 0) is 49.9 Å². The number of halogens is 1. The first-order chi connectivity index (χ1) is 10.4. The molecule has 3 saturated carbocycles. The highest BCUT2D eigenvalue weighted by molar-refractivity contribution is 9.09. The Morgan fingerprint density at radius 3 is 2.82 bits per heavy atom. The van der Waals surface area contributed by atoms with Crippen LogP contribution in [0.5, 0.6) is 0 Å². The summed E-state index contributed by atoms with van der Waals surface area (Å²) in [5, 5.41) is 0.384. The number of carbonyl (C=O) groups excluding carboxylic acids is 1. The van der Waals surface area contributed by atoms with E-state index >= 15 is 0 Å². The van der Waals surface area contributed by atoms with Gasteiger partial charge in [0.2, 0.25) is 5.91 Å². The maximum atomic E-state index is 12.1. The molecule has 0 aromatic rings. The smallest absolute Gasteiger partial charge is 0.404 e. The molecule has 5 rings (SSSR count). The zero-order chi connectivity index (χ0) is 15.7. The first-order valence-electron chi connectivity index (χ1n) is 8.56. The molecule has 3 unspecified atom stereocenters. The lowest BCUT2D eigenvalue weighted by molar-refractivity contribution is -0.199. The number of amides is 1. The van der Waals surface area contributed by atoms with E-state index in [-0.39, 0.29) is 30.7 Å². The van der Waals surface area contributed by atoms with Crippen LogP contribution in [0.25, 0.3) is 0 Å². The van der Waals surface area contributed by atoms with E-state index in [2.05, 4.69) is 36.7 Å². The molecule has 2 aliphatic heterocycles. The van der Waals surface area contributed by atoms with Crippen molar-refractivity contribution in [2.75, 3.05) is 11.9 Å². The van der Waals surface area contributed by atoms with E-state index in [9.17, 15) is 4.79 Å². The molecule has 6 heteroatoms. The molecule has 5 atom stereocenters. The van der Waals surface area contributed by atoms with Crippen LogP contribution in [0.3, 0.4) is 0 Å². The number of nitrogens with zero attached hydrogens (tertiary/aromatic N) is 1. The van der Waals surface area contributed by atoms with Crippen LogP contribution in [0, 0.1) is 17.3 Å². The van der Waals surface area contributed by atoms with Crippen molar-refractivity contribution in [2.24, 2.45) is 17.3 Å². The Labute approximate surface area is 141 Å². The Morgan fingerprint density at radius 2 is 2.14 bits per heavy atom. The van der Waals surface area contributed by atoms with Gasteiger partial charge in [0.1, 0.15) is 0 Å². The summed E-state index contributed by atoms with van der Waals surface area (Å²) in [6.07, 6.45) is 4.62. The van der Waals surface area contributed by atoms with Crippen LogP contribution in [0.4, 0.5) is 0 Å². The first kappa shape index (κ1) is 15.5. The zero-order valence-electron chi connectivity index (χ0n) is 13.7. The number of likely N-dealkylation sites (tertiary alicyclic amines) is 1. The molecule has 0 N–H and O–H groups in total. The third kappa shape index (κ3) is 1.92. The number of carbonyl (C=O) groups is 1. The van der Waals surface area contributed by atoms with E-state index in [0.29, 0.717) is 16.7 Å². The summed E-state index contributed by atoms with van der Waals surface area (Å²) in [4.78, 5) is 14.1. The molecule has 122 valence electrons. The minimum atomic E-state index is -0.240. The number of hydrogen-bond donors (Lipinski definition) is 0. The molecule has 0 aromatic carbocycles. The van der Waals surface area contributed by atoms with Gasteiger partial charge in [-0.25, -0.2) is 0 Å². The number of hydrogen-bond acceptors (Lipinski definition) is 3. The van der Waals surface area contributed by atoms with Crippen LogP contribution in [0.2, 0.25) is 0 Å². The van der Waals surface area contributed by atoms with Gasteiger partial charge in [0, 0.05) is 6.54 Å². The fourth-order valence-corrected chi connectivity index (χ4v) is 5.85. The van der Waals surface area contributed by atoms with Crippen molar-refractivity contribution in [1.29, 1.82) is 0 Å². The molecule has 5 aliphatic rings.